The average molecular weight is 1100 g/mol. The van der Waals surface area contributed by atoms with Gasteiger partial charge in [-0.05, 0) is 79.5 Å². The molecule has 3 aromatic carbocycles. The van der Waals surface area contributed by atoms with E-state index in [1.54, 1.807) is 23.5 Å². The van der Waals surface area contributed by atoms with E-state index in [2.05, 4.69) is 58.7 Å². The molecule has 19 heteroatoms. The molecule has 4 aliphatic heterocycles. The number of hydrogen-bond donors (Lipinski definition) is 5. The van der Waals surface area contributed by atoms with Gasteiger partial charge in [-0.2, -0.15) is 0 Å². The second-order valence-corrected chi connectivity index (χ2v) is 23.7. The largest absolute Gasteiger partial charge is 0.507 e. The Morgan fingerprint density at radius 2 is 1.56 bits per heavy atom. The molecule has 4 saturated heterocycles. The van der Waals surface area contributed by atoms with Crippen LogP contribution in [-0.2, 0) is 25.7 Å². The Morgan fingerprint density at radius 1 is 0.848 bits per heavy atom. The van der Waals surface area contributed by atoms with Gasteiger partial charge in [0, 0.05) is 108 Å². The van der Waals surface area contributed by atoms with E-state index in [1.807, 2.05) is 86.6 Å². The summed E-state index contributed by atoms with van der Waals surface area (Å²) in [5.74, 6) is 0.686. The molecule has 4 aliphatic rings. The van der Waals surface area contributed by atoms with Crippen LogP contribution >= 0.6 is 11.3 Å². The number of ether oxygens (including phenoxy) is 1. The predicted octanol–water partition coefficient (Wildman–Crippen LogP) is 7.17. The summed E-state index contributed by atoms with van der Waals surface area (Å²) in [6.07, 6.45) is 7.54. The van der Waals surface area contributed by atoms with Crippen molar-refractivity contribution in [3.63, 3.8) is 0 Å². The summed E-state index contributed by atoms with van der Waals surface area (Å²) < 4.78 is 6.32. The lowest BCUT2D eigenvalue weighted by atomic mass is 9.85. The minimum Gasteiger partial charge on any atom is -0.507 e. The highest BCUT2D eigenvalue weighted by Crippen LogP contribution is 2.40. The number of aromatic hydroxyl groups is 1. The van der Waals surface area contributed by atoms with Crippen molar-refractivity contribution in [1.82, 2.24) is 40.5 Å². The van der Waals surface area contributed by atoms with E-state index in [1.165, 1.54) is 4.90 Å². The normalized spacial score (nSPS) is 19.9. The molecule has 5 atom stereocenters. The zero-order chi connectivity index (χ0) is 55.6. The Morgan fingerprint density at radius 3 is 2.25 bits per heavy atom. The molecule has 4 amide bonds. The molecular formula is C60H79N11O7S. The van der Waals surface area contributed by atoms with Gasteiger partial charge in [0.15, 0.2) is 5.82 Å². The number of aromatic nitrogens is 3. The number of fused-ring (bicyclic) bond motifs is 2. The minimum absolute atomic E-state index is 0.0253. The molecule has 2 unspecified atom stereocenters. The van der Waals surface area contributed by atoms with E-state index in [9.17, 15) is 29.4 Å². The van der Waals surface area contributed by atoms with Crippen LogP contribution in [-0.4, -0.2) is 153 Å². The first kappa shape index (κ1) is 56.9. The van der Waals surface area contributed by atoms with Crippen LogP contribution in [0.2, 0.25) is 0 Å². The number of carbonyl (C=O) groups is 4. The van der Waals surface area contributed by atoms with Gasteiger partial charge in [0.2, 0.25) is 23.6 Å². The van der Waals surface area contributed by atoms with Crippen LogP contribution in [0, 0.1) is 12.3 Å². The Bertz CT molecular complexity index is 2870. The lowest BCUT2D eigenvalue weighted by molar-refractivity contribution is -0.144. The van der Waals surface area contributed by atoms with E-state index in [0.29, 0.717) is 61.7 Å². The van der Waals surface area contributed by atoms with Gasteiger partial charge in [0.05, 0.1) is 33.6 Å². The van der Waals surface area contributed by atoms with Crippen LogP contribution < -0.4 is 30.9 Å². The Labute approximate surface area is 468 Å². The molecule has 5 aromatic rings. The fourth-order valence-electron chi connectivity index (χ4n) is 11.7. The number of carbonyl (C=O) groups excluding carboxylic acids is 4. The van der Waals surface area contributed by atoms with E-state index < -0.39 is 23.6 Å². The predicted molar refractivity (Wildman–Crippen MR) is 309 cm³/mol. The molecule has 18 nitrogen and oxygen atoms in total. The van der Waals surface area contributed by atoms with Crippen LogP contribution in [0.5, 0.6) is 11.5 Å². The van der Waals surface area contributed by atoms with Crippen molar-refractivity contribution in [1.29, 1.82) is 0 Å². The monoisotopic (exact) mass is 1100 g/mol. The molecule has 4 fully saturated rings. The summed E-state index contributed by atoms with van der Waals surface area (Å²) in [7, 11) is 0. The van der Waals surface area contributed by atoms with Crippen molar-refractivity contribution in [2.75, 3.05) is 74.5 Å². The number of benzene rings is 3. The van der Waals surface area contributed by atoms with E-state index in [-0.39, 0.29) is 55.3 Å². The molecule has 0 saturated carbocycles. The van der Waals surface area contributed by atoms with Crippen LogP contribution in [0.25, 0.3) is 21.7 Å². The fraction of sp³-hybridized carbons (Fsp3) is 0.517. The van der Waals surface area contributed by atoms with Crippen molar-refractivity contribution in [2.24, 2.45) is 5.41 Å². The quantitative estimate of drug-likeness (QED) is 0.0434. The molecule has 2 bridgehead atoms. The van der Waals surface area contributed by atoms with Crippen LogP contribution in [0.1, 0.15) is 103 Å². The highest BCUT2D eigenvalue weighted by Gasteiger charge is 2.45. The minimum atomic E-state index is -0.865. The Balaban J connectivity index is 0.628. The van der Waals surface area contributed by atoms with Gasteiger partial charge in [-0.1, -0.05) is 88.9 Å². The summed E-state index contributed by atoms with van der Waals surface area (Å²) in [6.45, 7) is 14.0. The number of piperazine rings is 2. The second kappa shape index (κ2) is 26.0. The SMILES string of the molecule is Cc1ncsc1-c1ccc(CNC(=O)[C@@H]2C[C@@H](O)CN2C(=O)[C@@H](NC(=O)CCCCCCCCC(=O)N2CCN(CCOc3cccc(N4C5CCC4CN(c4cc(-c6ccccc6O)nnc4N)C5)c3)CC2)C(C)(C)C)cc1. The number of phenolic OH excluding ortho intramolecular Hbond substituents is 1. The first-order chi connectivity index (χ1) is 38.1. The average Bonchev–Trinajstić information content (AvgIpc) is 4.34. The van der Waals surface area contributed by atoms with E-state index in [4.69, 9.17) is 10.5 Å². The van der Waals surface area contributed by atoms with Gasteiger partial charge >= 0.3 is 0 Å². The number of thiazole rings is 1. The lowest BCUT2D eigenvalue weighted by Crippen LogP contribution is -2.57. The Kier molecular flexibility index (Phi) is 18.7. The number of unbranched alkanes of at least 4 members (excludes halogenated alkanes) is 5. The second-order valence-electron chi connectivity index (χ2n) is 22.8. The molecule has 2 aromatic heterocycles. The van der Waals surface area contributed by atoms with E-state index in [0.717, 1.165) is 116 Å². The third-order valence-corrected chi connectivity index (χ3v) is 17.1. The fourth-order valence-corrected chi connectivity index (χ4v) is 12.5. The summed E-state index contributed by atoms with van der Waals surface area (Å²) in [5.41, 5.74) is 13.7. The number of nitrogens with zero attached hydrogens (tertiary/aromatic N) is 8. The number of phenols is 1. The van der Waals surface area contributed by atoms with Crippen molar-refractivity contribution in [3.05, 3.63) is 95.6 Å². The van der Waals surface area contributed by atoms with Gasteiger partial charge in [0.1, 0.15) is 30.2 Å². The van der Waals surface area contributed by atoms with E-state index >= 15 is 0 Å². The van der Waals surface area contributed by atoms with Gasteiger partial charge in [-0.25, -0.2) is 4.98 Å². The maximum absolute atomic E-state index is 14.1. The van der Waals surface area contributed by atoms with Crippen molar-refractivity contribution < 1.29 is 34.1 Å². The van der Waals surface area contributed by atoms with Gasteiger partial charge in [-0.3, -0.25) is 24.1 Å². The van der Waals surface area contributed by atoms with Crippen LogP contribution in [0.3, 0.4) is 0 Å². The zero-order valence-electron chi connectivity index (χ0n) is 46.3. The number of aliphatic hydroxyl groups is 1. The number of aryl methyl sites for hydroxylation is 1. The van der Waals surface area contributed by atoms with Gasteiger partial charge in [-0.15, -0.1) is 21.5 Å². The van der Waals surface area contributed by atoms with Crippen molar-refractivity contribution >= 4 is 52.2 Å². The number of β-amino-alcohol motifs (C(OH)–C–C–N with tert-alkyl or cyclic N) is 1. The Hall–Kier alpha value is -6.83. The standard InChI is InChI=1S/C60H79N11O7S/c1-40-55(79-39-63-40)42-22-20-41(21-23-42)35-62-58(76)51-33-46(72)38-70(51)59(77)56(60(2,3)4)64-53(74)18-9-7-5-6-8-10-19-54(75)68-28-26-67(27-29-68)30-31-78-47-15-13-14-43(32-47)71-44-24-25-45(71)37-69(36-44)50-34-49(65-66-57(50)61)48-16-11-12-17-52(48)73/h11-17,20-23,32,34,39,44-46,51,56,72-73H,5-10,18-19,24-31,33,35-38H2,1-4H3,(H2,61,66)(H,62,76)(H,64,74)/t44?,45?,46-,51+,56-/m1/s1. The maximum Gasteiger partial charge on any atom is 0.246 e. The number of amides is 4. The summed E-state index contributed by atoms with van der Waals surface area (Å²) in [5, 5.41) is 35.6. The number of anilines is 3. The van der Waals surface area contributed by atoms with Crippen molar-refractivity contribution in [3.8, 4) is 33.2 Å². The number of likely N-dealkylation sites (tertiary alicyclic amines) is 1. The molecule has 6 heterocycles. The third kappa shape index (κ3) is 14.3. The first-order valence-electron chi connectivity index (χ1n) is 28.3. The number of rotatable bonds is 22. The zero-order valence-corrected chi connectivity index (χ0v) is 47.1. The molecule has 79 heavy (non-hydrogen) atoms. The molecule has 0 spiro atoms. The smallest absolute Gasteiger partial charge is 0.246 e. The molecular weight excluding hydrogens is 1020 g/mol. The summed E-state index contributed by atoms with van der Waals surface area (Å²) in [6, 6.07) is 24.3. The first-order valence-corrected chi connectivity index (χ1v) is 29.2. The topological polar surface area (TPSA) is 223 Å². The summed E-state index contributed by atoms with van der Waals surface area (Å²) >= 11 is 1.58. The number of nitrogen functional groups attached to an aromatic ring is 1. The highest BCUT2D eigenvalue weighted by molar-refractivity contribution is 7.13. The molecule has 6 N–H and O–H groups in total. The lowest BCUT2D eigenvalue weighted by Gasteiger charge is -2.43. The number of nitrogens with two attached hydrogens (primary N) is 1. The molecule has 9 rings (SSSR count). The third-order valence-electron chi connectivity index (χ3n) is 16.1. The molecule has 422 valence electrons. The number of para-hydroxylation sites is 1. The molecule has 0 radical (unpaired) electrons. The number of aliphatic hydroxyl groups excluding tert-OH is 1. The van der Waals surface area contributed by atoms with Gasteiger partial charge in [0.25, 0.3) is 0 Å². The number of hydrogen-bond acceptors (Lipinski definition) is 15. The van der Waals surface area contributed by atoms with Crippen LogP contribution in [0.15, 0.2) is 84.4 Å². The molecule has 0 aliphatic carbocycles. The number of nitrogens with one attached hydrogen (secondary N) is 2. The maximum atomic E-state index is 14.1. The highest BCUT2D eigenvalue weighted by atomic mass is 32.1. The van der Waals surface area contributed by atoms with Crippen LogP contribution in [0.4, 0.5) is 17.2 Å². The van der Waals surface area contributed by atoms with Crippen molar-refractivity contribution in [2.45, 2.75) is 135 Å². The van der Waals surface area contributed by atoms with Gasteiger partial charge < -0.3 is 50.9 Å². The summed E-state index contributed by atoms with van der Waals surface area (Å²) in [4.78, 5) is 70.0.